The normalized spacial score (nSPS) is 23.6. The van der Waals surface area contributed by atoms with Gasteiger partial charge in [0.05, 0.1) is 5.41 Å². The van der Waals surface area contributed by atoms with Gasteiger partial charge in [0.2, 0.25) is 0 Å². The van der Waals surface area contributed by atoms with Crippen LogP contribution >= 0.6 is 11.8 Å². The van der Waals surface area contributed by atoms with E-state index in [0.717, 1.165) is 16.4 Å². The average Bonchev–Trinajstić information content (AvgIpc) is 3.57. The summed E-state index contributed by atoms with van der Waals surface area (Å²) in [5.74, 6) is 1.09. The van der Waals surface area contributed by atoms with Gasteiger partial charge in [-0.15, -0.1) is 0 Å². The number of nitrogens with zero attached hydrogens (tertiary/aromatic N) is 1. The molecule has 178 valence electrons. The molecular formula is C33H24N2OS. The molecule has 4 aliphatic rings. The Hall–Kier alpha value is -4.02. The molecule has 37 heavy (non-hydrogen) atoms. The molecule has 0 fully saturated rings. The quantitative estimate of drug-likeness (QED) is 0.318. The minimum atomic E-state index is -0.305. The second kappa shape index (κ2) is 7.99. The zero-order valence-corrected chi connectivity index (χ0v) is 20.9. The van der Waals surface area contributed by atoms with Crippen LogP contribution in [0, 0.1) is 5.92 Å². The van der Waals surface area contributed by atoms with Gasteiger partial charge < -0.3 is 4.74 Å². The SMILES string of the molecule is C1=CC2C(C=C1C1=NNC(c3ccccc3)S1)Oc1ccccc1C21c2ccccc2-c2ccccc21. The highest BCUT2D eigenvalue weighted by Gasteiger charge is 2.56. The highest BCUT2D eigenvalue weighted by Crippen LogP contribution is 2.61. The van der Waals surface area contributed by atoms with E-state index in [1.54, 1.807) is 11.8 Å². The highest BCUT2D eigenvalue weighted by molar-refractivity contribution is 8.14. The maximum absolute atomic E-state index is 6.74. The molecule has 0 radical (unpaired) electrons. The molecule has 3 unspecified atom stereocenters. The number of para-hydroxylation sites is 1. The molecule has 0 saturated carbocycles. The Bertz CT molecular complexity index is 1590. The van der Waals surface area contributed by atoms with E-state index in [0.29, 0.717) is 0 Å². The lowest BCUT2D eigenvalue weighted by Gasteiger charge is -2.47. The van der Waals surface area contributed by atoms with Gasteiger partial charge in [0, 0.05) is 17.1 Å². The smallest absolute Gasteiger partial charge is 0.126 e. The summed E-state index contributed by atoms with van der Waals surface area (Å²) in [6, 6.07) is 36.9. The van der Waals surface area contributed by atoms with E-state index >= 15 is 0 Å². The topological polar surface area (TPSA) is 33.6 Å². The summed E-state index contributed by atoms with van der Waals surface area (Å²) >= 11 is 1.76. The van der Waals surface area contributed by atoms with Gasteiger partial charge in [-0.1, -0.05) is 121 Å². The van der Waals surface area contributed by atoms with Gasteiger partial charge in [-0.05, 0) is 40.0 Å². The molecule has 8 rings (SSSR count). The highest BCUT2D eigenvalue weighted by atomic mass is 32.2. The van der Waals surface area contributed by atoms with Gasteiger partial charge in [0.25, 0.3) is 0 Å². The fraction of sp³-hybridized carbons (Fsp3) is 0.121. The number of thioether (sulfide) groups is 1. The largest absolute Gasteiger partial charge is 0.485 e. The minimum absolute atomic E-state index is 0.104. The third-order valence-corrected chi connectivity index (χ3v) is 9.28. The van der Waals surface area contributed by atoms with Gasteiger partial charge in [0.15, 0.2) is 0 Å². The molecule has 0 saturated heterocycles. The first kappa shape index (κ1) is 21.1. The Labute approximate surface area is 220 Å². The number of rotatable bonds is 2. The van der Waals surface area contributed by atoms with E-state index in [1.165, 1.54) is 33.4 Å². The lowest BCUT2D eigenvalue weighted by molar-refractivity contribution is 0.141. The molecule has 0 aromatic heterocycles. The lowest BCUT2D eigenvalue weighted by atomic mass is 9.60. The van der Waals surface area contributed by atoms with Crippen LogP contribution in [-0.4, -0.2) is 11.1 Å². The Morgan fingerprint density at radius 2 is 1.38 bits per heavy atom. The van der Waals surface area contributed by atoms with E-state index in [1.807, 2.05) is 6.07 Å². The van der Waals surface area contributed by atoms with E-state index in [2.05, 4.69) is 121 Å². The predicted octanol–water partition coefficient (Wildman–Crippen LogP) is 7.22. The van der Waals surface area contributed by atoms with Crippen molar-refractivity contribution in [3.05, 3.63) is 149 Å². The van der Waals surface area contributed by atoms with Crippen molar-refractivity contribution in [1.29, 1.82) is 0 Å². The minimum Gasteiger partial charge on any atom is -0.485 e. The van der Waals surface area contributed by atoms with Gasteiger partial charge in [-0.25, -0.2) is 0 Å². The summed E-state index contributed by atoms with van der Waals surface area (Å²) in [5.41, 5.74) is 12.0. The maximum atomic E-state index is 6.74. The van der Waals surface area contributed by atoms with Crippen LogP contribution in [0.2, 0.25) is 0 Å². The van der Waals surface area contributed by atoms with Crippen LogP contribution in [-0.2, 0) is 5.41 Å². The van der Waals surface area contributed by atoms with Gasteiger partial charge in [-0.2, -0.15) is 5.10 Å². The third kappa shape index (κ3) is 2.93. The van der Waals surface area contributed by atoms with E-state index in [-0.39, 0.29) is 22.8 Å². The zero-order chi connectivity index (χ0) is 24.4. The Kier molecular flexibility index (Phi) is 4.56. The summed E-state index contributed by atoms with van der Waals surface area (Å²) < 4.78 is 6.74. The van der Waals surface area contributed by atoms with E-state index in [4.69, 9.17) is 9.84 Å². The second-order valence-electron chi connectivity index (χ2n) is 9.94. The number of ether oxygens (including phenoxy) is 1. The average molecular weight is 497 g/mol. The Morgan fingerprint density at radius 3 is 2.14 bits per heavy atom. The third-order valence-electron chi connectivity index (χ3n) is 8.11. The molecule has 2 aliphatic heterocycles. The van der Waals surface area contributed by atoms with Gasteiger partial charge in [-0.3, -0.25) is 5.43 Å². The predicted molar refractivity (Wildman–Crippen MR) is 151 cm³/mol. The van der Waals surface area contributed by atoms with Crippen molar-refractivity contribution in [3.63, 3.8) is 0 Å². The van der Waals surface area contributed by atoms with Gasteiger partial charge >= 0.3 is 0 Å². The number of nitrogens with one attached hydrogen (secondary N) is 1. The van der Waals surface area contributed by atoms with Crippen LogP contribution in [0.5, 0.6) is 5.75 Å². The number of hydrazone groups is 1. The Morgan fingerprint density at radius 1 is 0.730 bits per heavy atom. The van der Waals surface area contributed by atoms with Crippen LogP contribution in [0.4, 0.5) is 0 Å². The monoisotopic (exact) mass is 496 g/mol. The van der Waals surface area contributed by atoms with Crippen molar-refractivity contribution < 1.29 is 4.74 Å². The van der Waals surface area contributed by atoms with Crippen molar-refractivity contribution in [2.75, 3.05) is 0 Å². The zero-order valence-electron chi connectivity index (χ0n) is 20.0. The molecule has 1 spiro atoms. The van der Waals surface area contributed by atoms with Gasteiger partial charge in [0.1, 0.15) is 22.3 Å². The molecular weight excluding hydrogens is 472 g/mol. The van der Waals surface area contributed by atoms with Crippen LogP contribution in [0.1, 0.15) is 27.6 Å². The molecule has 2 aliphatic carbocycles. The van der Waals surface area contributed by atoms with Crippen molar-refractivity contribution in [3.8, 4) is 16.9 Å². The van der Waals surface area contributed by atoms with Crippen molar-refractivity contribution in [2.24, 2.45) is 11.0 Å². The molecule has 3 nitrogen and oxygen atoms in total. The second-order valence-corrected chi connectivity index (χ2v) is 11.0. The summed E-state index contributed by atoms with van der Waals surface area (Å²) in [6.07, 6.45) is 6.80. The molecule has 4 heteroatoms. The summed E-state index contributed by atoms with van der Waals surface area (Å²) in [7, 11) is 0. The van der Waals surface area contributed by atoms with Crippen molar-refractivity contribution >= 4 is 16.8 Å². The molecule has 4 aromatic rings. The number of hydrogen-bond donors (Lipinski definition) is 1. The van der Waals surface area contributed by atoms with Crippen LogP contribution in [0.3, 0.4) is 0 Å². The van der Waals surface area contributed by atoms with E-state index < -0.39 is 0 Å². The van der Waals surface area contributed by atoms with Crippen molar-refractivity contribution in [1.82, 2.24) is 5.43 Å². The molecule has 2 heterocycles. The number of benzene rings is 4. The van der Waals surface area contributed by atoms with Crippen LogP contribution < -0.4 is 10.2 Å². The molecule has 3 atom stereocenters. The summed E-state index contributed by atoms with van der Waals surface area (Å²) in [6.45, 7) is 0. The first-order valence-electron chi connectivity index (χ1n) is 12.7. The number of allylic oxidation sites excluding steroid dienone is 1. The van der Waals surface area contributed by atoms with Crippen LogP contribution in [0.15, 0.2) is 132 Å². The molecule has 0 bridgehead atoms. The Balaban J connectivity index is 1.25. The molecule has 1 N–H and O–H groups in total. The first-order chi connectivity index (χ1) is 18.3. The molecule has 4 aromatic carbocycles. The first-order valence-corrected chi connectivity index (χ1v) is 13.6. The lowest BCUT2D eigenvalue weighted by Crippen LogP contribution is -2.48. The fourth-order valence-electron chi connectivity index (χ4n) is 6.62. The summed E-state index contributed by atoms with van der Waals surface area (Å²) in [4.78, 5) is 0. The standard InChI is InChI=1S/C33H24N2OS/c1-2-10-21(11-3-1)31-34-35-32(37-31)22-18-19-28-30(20-22)36-29-17-9-8-16-27(29)33(28)25-14-6-4-12-23(25)24-13-5-7-15-26(24)33/h1-20,28,30-31,34H. The van der Waals surface area contributed by atoms with Crippen LogP contribution in [0.25, 0.3) is 11.1 Å². The van der Waals surface area contributed by atoms with E-state index in [9.17, 15) is 0 Å². The maximum Gasteiger partial charge on any atom is 0.126 e. The number of hydrogen-bond acceptors (Lipinski definition) is 4. The summed E-state index contributed by atoms with van der Waals surface area (Å²) in [5, 5.41) is 5.84. The molecule has 0 amide bonds. The number of fused-ring (bicyclic) bond motifs is 9. The fourth-order valence-corrected chi connectivity index (χ4v) is 7.62. The van der Waals surface area contributed by atoms with Crippen molar-refractivity contribution in [2.45, 2.75) is 16.9 Å².